The number of rotatable bonds is 4. The van der Waals surface area contributed by atoms with Crippen molar-refractivity contribution in [3.8, 4) is 11.5 Å². The van der Waals surface area contributed by atoms with E-state index in [1.165, 1.54) is 18.4 Å². The van der Waals surface area contributed by atoms with Gasteiger partial charge in [0.25, 0.3) is 0 Å². The zero-order chi connectivity index (χ0) is 13.0. The fourth-order valence-corrected chi connectivity index (χ4v) is 2.97. The van der Waals surface area contributed by atoms with Crippen LogP contribution in [0.5, 0.6) is 11.5 Å². The van der Waals surface area contributed by atoms with Crippen LogP contribution < -0.4 is 14.8 Å². The standard InChI is InChI=1S/C15H23NO2/c1-4-11-10-16-9-8-12(11)13-6-5-7-14(17-2)15(13)18-3/h5-7,11-12,16H,4,8-10H2,1-3H3. The first-order valence-electron chi connectivity index (χ1n) is 6.73. The maximum Gasteiger partial charge on any atom is 0.164 e. The average molecular weight is 249 g/mol. The number of nitrogens with one attached hydrogen (secondary N) is 1. The van der Waals surface area contributed by atoms with Gasteiger partial charge in [0.05, 0.1) is 14.2 Å². The van der Waals surface area contributed by atoms with Crippen LogP contribution in [-0.4, -0.2) is 27.3 Å². The highest BCUT2D eigenvalue weighted by atomic mass is 16.5. The molecule has 0 radical (unpaired) electrons. The summed E-state index contributed by atoms with van der Waals surface area (Å²) in [4.78, 5) is 0. The van der Waals surface area contributed by atoms with Gasteiger partial charge in [-0.05, 0) is 37.4 Å². The maximum atomic E-state index is 5.57. The van der Waals surface area contributed by atoms with E-state index in [9.17, 15) is 0 Å². The zero-order valence-corrected chi connectivity index (χ0v) is 11.5. The maximum absolute atomic E-state index is 5.57. The number of methoxy groups -OCH3 is 2. The third kappa shape index (κ3) is 2.46. The molecule has 1 aliphatic rings. The molecule has 1 fully saturated rings. The van der Waals surface area contributed by atoms with Crippen LogP contribution in [-0.2, 0) is 0 Å². The van der Waals surface area contributed by atoms with E-state index in [0.717, 1.165) is 24.6 Å². The van der Waals surface area contributed by atoms with Gasteiger partial charge >= 0.3 is 0 Å². The molecular formula is C15H23NO2. The molecule has 2 rings (SSSR count). The molecule has 1 heterocycles. The first kappa shape index (κ1) is 13.2. The molecule has 3 heteroatoms. The predicted octanol–water partition coefficient (Wildman–Crippen LogP) is 2.81. The summed E-state index contributed by atoms with van der Waals surface area (Å²) < 4.78 is 11.0. The predicted molar refractivity (Wildman–Crippen MR) is 73.6 cm³/mol. The van der Waals surface area contributed by atoms with Gasteiger partial charge in [0.15, 0.2) is 11.5 Å². The van der Waals surface area contributed by atoms with E-state index in [-0.39, 0.29) is 0 Å². The van der Waals surface area contributed by atoms with Crippen molar-refractivity contribution in [1.29, 1.82) is 0 Å². The lowest BCUT2D eigenvalue weighted by atomic mass is 9.79. The van der Waals surface area contributed by atoms with Gasteiger partial charge in [-0.1, -0.05) is 25.5 Å². The molecular weight excluding hydrogens is 226 g/mol. The summed E-state index contributed by atoms with van der Waals surface area (Å²) in [5.41, 5.74) is 1.30. The molecule has 18 heavy (non-hydrogen) atoms. The molecule has 1 saturated heterocycles. The van der Waals surface area contributed by atoms with E-state index in [0.29, 0.717) is 11.8 Å². The third-order valence-electron chi connectivity index (χ3n) is 3.96. The number of para-hydroxylation sites is 1. The monoisotopic (exact) mass is 249 g/mol. The van der Waals surface area contributed by atoms with Gasteiger partial charge in [0.2, 0.25) is 0 Å². The van der Waals surface area contributed by atoms with Crippen LogP contribution in [0.2, 0.25) is 0 Å². The number of hydrogen-bond donors (Lipinski definition) is 1. The van der Waals surface area contributed by atoms with Crippen molar-refractivity contribution in [3.05, 3.63) is 23.8 Å². The molecule has 0 aromatic heterocycles. The SMILES string of the molecule is CCC1CNCCC1c1cccc(OC)c1OC. The molecule has 2 unspecified atom stereocenters. The minimum absolute atomic E-state index is 0.571. The van der Waals surface area contributed by atoms with E-state index < -0.39 is 0 Å². The van der Waals surface area contributed by atoms with E-state index in [1.807, 2.05) is 6.07 Å². The van der Waals surface area contributed by atoms with Crippen molar-refractivity contribution in [3.63, 3.8) is 0 Å². The quantitative estimate of drug-likeness (QED) is 0.890. The van der Waals surface area contributed by atoms with Crippen LogP contribution >= 0.6 is 0 Å². The molecule has 0 spiro atoms. The molecule has 1 aromatic rings. The van der Waals surface area contributed by atoms with Crippen molar-refractivity contribution in [1.82, 2.24) is 5.32 Å². The molecule has 1 aliphatic heterocycles. The summed E-state index contributed by atoms with van der Waals surface area (Å²) in [6.45, 7) is 4.44. The van der Waals surface area contributed by atoms with Gasteiger partial charge < -0.3 is 14.8 Å². The molecule has 3 nitrogen and oxygen atoms in total. The number of piperidine rings is 1. The smallest absolute Gasteiger partial charge is 0.164 e. The van der Waals surface area contributed by atoms with Gasteiger partial charge in [-0.2, -0.15) is 0 Å². The van der Waals surface area contributed by atoms with Gasteiger partial charge in [0.1, 0.15) is 0 Å². The van der Waals surface area contributed by atoms with E-state index >= 15 is 0 Å². The summed E-state index contributed by atoms with van der Waals surface area (Å²) in [7, 11) is 3.42. The van der Waals surface area contributed by atoms with Gasteiger partial charge in [-0.15, -0.1) is 0 Å². The normalized spacial score (nSPS) is 23.7. The first-order chi connectivity index (χ1) is 8.81. The third-order valence-corrected chi connectivity index (χ3v) is 3.96. The molecule has 0 aliphatic carbocycles. The highest BCUT2D eigenvalue weighted by molar-refractivity contribution is 5.48. The van der Waals surface area contributed by atoms with E-state index in [4.69, 9.17) is 9.47 Å². The van der Waals surface area contributed by atoms with Crippen molar-refractivity contribution in [2.24, 2.45) is 5.92 Å². The summed E-state index contributed by atoms with van der Waals surface area (Å²) in [5.74, 6) is 3.00. The number of benzene rings is 1. The Labute approximate surface area is 109 Å². The van der Waals surface area contributed by atoms with Crippen LogP contribution in [0.1, 0.15) is 31.2 Å². The van der Waals surface area contributed by atoms with Crippen LogP contribution in [0, 0.1) is 5.92 Å². The second-order valence-corrected chi connectivity index (χ2v) is 4.85. The topological polar surface area (TPSA) is 30.5 Å². The fourth-order valence-electron chi connectivity index (χ4n) is 2.97. The van der Waals surface area contributed by atoms with Crippen molar-refractivity contribution in [2.45, 2.75) is 25.7 Å². The van der Waals surface area contributed by atoms with E-state index in [1.54, 1.807) is 14.2 Å². The highest BCUT2D eigenvalue weighted by Crippen LogP contribution is 2.41. The first-order valence-corrected chi connectivity index (χ1v) is 6.73. The molecule has 0 amide bonds. The van der Waals surface area contributed by atoms with Crippen LogP contribution in [0.4, 0.5) is 0 Å². The summed E-state index contributed by atoms with van der Waals surface area (Å²) in [6.07, 6.45) is 2.36. The number of ether oxygens (including phenoxy) is 2. The number of hydrogen-bond acceptors (Lipinski definition) is 3. The van der Waals surface area contributed by atoms with Gasteiger partial charge in [-0.25, -0.2) is 0 Å². The Morgan fingerprint density at radius 1 is 1.28 bits per heavy atom. The Hall–Kier alpha value is -1.22. The van der Waals surface area contributed by atoms with E-state index in [2.05, 4.69) is 24.4 Å². The lowest BCUT2D eigenvalue weighted by Gasteiger charge is -2.33. The minimum Gasteiger partial charge on any atom is -0.493 e. The minimum atomic E-state index is 0.571. The fraction of sp³-hybridized carbons (Fsp3) is 0.600. The Balaban J connectivity index is 2.36. The zero-order valence-electron chi connectivity index (χ0n) is 11.5. The molecule has 0 saturated carbocycles. The van der Waals surface area contributed by atoms with Crippen molar-refractivity contribution < 1.29 is 9.47 Å². The lowest BCUT2D eigenvalue weighted by molar-refractivity contribution is 0.300. The van der Waals surface area contributed by atoms with Gasteiger partial charge in [0, 0.05) is 5.56 Å². The Morgan fingerprint density at radius 3 is 2.78 bits per heavy atom. The second-order valence-electron chi connectivity index (χ2n) is 4.85. The van der Waals surface area contributed by atoms with Crippen LogP contribution in [0.3, 0.4) is 0 Å². The second kappa shape index (κ2) is 6.10. The largest absolute Gasteiger partial charge is 0.493 e. The van der Waals surface area contributed by atoms with Crippen LogP contribution in [0.25, 0.3) is 0 Å². The summed E-state index contributed by atoms with van der Waals surface area (Å²) in [6, 6.07) is 6.20. The van der Waals surface area contributed by atoms with Crippen molar-refractivity contribution in [2.75, 3.05) is 27.3 Å². The lowest BCUT2D eigenvalue weighted by Crippen LogP contribution is -2.35. The Morgan fingerprint density at radius 2 is 2.11 bits per heavy atom. The Kier molecular flexibility index (Phi) is 4.48. The van der Waals surface area contributed by atoms with Crippen molar-refractivity contribution >= 4 is 0 Å². The molecule has 0 bridgehead atoms. The molecule has 1 N–H and O–H groups in total. The van der Waals surface area contributed by atoms with Gasteiger partial charge in [-0.3, -0.25) is 0 Å². The summed E-state index contributed by atoms with van der Waals surface area (Å²) >= 11 is 0. The highest BCUT2D eigenvalue weighted by Gasteiger charge is 2.28. The Bertz CT molecular complexity index is 392. The molecule has 100 valence electrons. The molecule has 2 atom stereocenters. The molecule has 1 aromatic carbocycles. The average Bonchev–Trinajstić information content (AvgIpc) is 2.46. The summed E-state index contributed by atoms with van der Waals surface area (Å²) in [5, 5.41) is 3.48. The van der Waals surface area contributed by atoms with Crippen LogP contribution in [0.15, 0.2) is 18.2 Å².